The van der Waals surface area contributed by atoms with Gasteiger partial charge in [0.2, 0.25) is 0 Å². The molecule has 0 amide bonds. The van der Waals surface area contributed by atoms with Gasteiger partial charge in [0.25, 0.3) is 0 Å². The van der Waals surface area contributed by atoms with Crippen molar-refractivity contribution < 1.29 is 14.3 Å². The fraction of sp³-hybridized carbons (Fsp3) is 0.214. The quantitative estimate of drug-likeness (QED) is 0.477. The molecule has 33 heavy (non-hydrogen) atoms. The van der Waals surface area contributed by atoms with Crippen LogP contribution in [0.2, 0.25) is 0 Å². The van der Waals surface area contributed by atoms with E-state index in [4.69, 9.17) is 10.8 Å². The molecule has 3 aromatic rings. The molecule has 5 heteroatoms. The molecule has 166 valence electrons. The number of allylic oxidation sites excluding steroid dienone is 4. The van der Waals surface area contributed by atoms with Crippen LogP contribution in [0.1, 0.15) is 64.2 Å². The molecule has 2 N–H and O–H groups in total. The monoisotopic (exact) mass is 439 g/mol. The second-order valence-electron chi connectivity index (χ2n) is 8.33. The molecule has 5 nitrogen and oxygen atoms in total. The number of hydrogen-bond acceptors (Lipinski definition) is 4. The maximum atomic E-state index is 13.3. The van der Waals surface area contributed by atoms with Crippen LogP contribution in [0.3, 0.4) is 0 Å². The Morgan fingerprint density at radius 3 is 2.67 bits per heavy atom. The summed E-state index contributed by atoms with van der Waals surface area (Å²) in [4.78, 5) is 25.1. The summed E-state index contributed by atoms with van der Waals surface area (Å²) >= 11 is 0. The highest BCUT2D eigenvalue weighted by molar-refractivity contribution is 5.95. The molecule has 1 atom stereocenters. The fourth-order valence-electron chi connectivity index (χ4n) is 4.19. The number of rotatable bonds is 5. The smallest absolute Gasteiger partial charge is 0.337 e. The Kier molecular flexibility index (Phi) is 5.93. The zero-order valence-corrected chi connectivity index (χ0v) is 18.9. The lowest BCUT2D eigenvalue weighted by molar-refractivity contribution is 0.0698. The number of fused-ring (bicyclic) bond motifs is 1. The zero-order chi connectivity index (χ0) is 23.7. The van der Waals surface area contributed by atoms with Gasteiger partial charge in [-0.25, -0.2) is 4.79 Å². The number of carboxylic acids is 1. The van der Waals surface area contributed by atoms with Crippen molar-refractivity contribution in [1.29, 1.82) is 0 Å². The predicted octanol–water partition coefficient (Wildman–Crippen LogP) is 6.00. The second-order valence-corrected chi connectivity index (χ2v) is 8.33. The summed E-state index contributed by atoms with van der Waals surface area (Å²) in [7, 11) is 0. The van der Waals surface area contributed by atoms with Crippen molar-refractivity contribution in [1.82, 2.24) is 0 Å². The van der Waals surface area contributed by atoms with Crippen LogP contribution in [0.4, 0.5) is 5.69 Å². The van der Waals surface area contributed by atoms with E-state index in [1.54, 1.807) is 19.1 Å². The molecule has 0 saturated heterocycles. The number of hydrogen-bond donors (Lipinski definition) is 2. The molecule has 1 aromatic heterocycles. The summed E-state index contributed by atoms with van der Waals surface area (Å²) < 4.78 is 6.37. The summed E-state index contributed by atoms with van der Waals surface area (Å²) in [5, 5.41) is 13.4. The van der Waals surface area contributed by atoms with E-state index in [0.29, 0.717) is 33.5 Å². The van der Waals surface area contributed by atoms with E-state index < -0.39 is 5.97 Å². The maximum absolute atomic E-state index is 13.3. The van der Waals surface area contributed by atoms with Crippen molar-refractivity contribution >= 4 is 28.2 Å². The molecule has 1 aliphatic rings. The molecular formula is C28H25NO4. The largest absolute Gasteiger partial charge is 0.478 e. The van der Waals surface area contributed by atoms with Gasteiger partial charge < -0.3 is 14.8 Å². The summed E-state index contributed by atoms with van der Waals surface area (Å²) in [6.07, 6.45) is 13.4. The van der Waals surface area contributed by atoms with Crippen molar-refractivity contribution in [2.24, 2.45) is 0 Å². The summed E-state index contributed by atoms with van der Waals surface area (Å²) in [6.45, 7) is 5.63. The van der Waals surface area contributed by atoms with Gasteiger partial charge in [-0.2, -0.15) is 0 Å². The Balaban J connectivity index is 1.86. The van der Waals surface area contributed by atoms with Crippen LogP contribution in [0.25, 0.3) is 16.5 Å². The topological polar surface area (TPSA) is 79.5 Å². The lowest BCUT2D eigenvalue weighted by atomic mass is 9.97. The molecule has 2 aromatic carbocycles. The molecule has 0 aliphatic heterocycles. The fourth-order valence-corrected chi connectivity index (χ4v) is 4.19. The summed E-state index contributed by atoms with van der Waals surface area (Å²) in [5.74, 6) is 1.96. The number of carboxylic acid groups (broad SMARTS) is 1. The number of nitrogens with one attached hydrogen (secondary N) is 1. The molecule has 1 heterocycles. The molecule has 1 aliphatic carbocycles. The zero-order valence-electron chi connectivity index (χ0n) is 18.9. The van der Waals surface area contributed by atoms with E-state index in [0.717, 1.165) is 29.5 Å². The number of carbonyl (C=O) groups is 1. The van der Waals surface area contributed by atoms with Crippen LogP contribution >= 0.6 is 0 Å². The highest BCUT2D eigenvalue weighted by Crippen LogP contribution is 2.32. The predicted molar refractivity (Wildman–Crippen MR) is 132 cm³/mol. The molecule has 4 rings (SSSR count). The molecule has 0 fully saturated rings. The Bertz CT molecular complexity index is 1430. The molecule has 0 saturated carbocycles. The van der Waals surface area contributed by atoms with Gasteiger partial charge >= 0.3 is 5.97 Å². The first-order valence-electron chi connectivity index (χ1n) is 10.9. The van der Waals surface area contributed by atoms with Crippen molar-refractivity contribution in [3.63, 3.8) is 0 Å². The third kappa shape index (κ3) is 4.20. The standard InChI is InChI=1S/C28H25NO4/c1-5-19-11-12-24(22(15-19)28(31)32)29-18(4)21-13-16(2)14-23-25(30)17(3)26(33-27(21)23)20-9-7-6-8-10-20/h1,7,9-15,18,29H,6,8H2,2-4H3,(H,31,32). The van der Waals surface area contributed by atoms with Gasteiger partial charge in [-0.3, -0.25) is 4.79 Å². The maximum Gasteiger partial charge on any atom is 0.337 e. The minimum Gasteiger partial charge on any atom is -0.478 e. The lowest BCUT2D eigenvalue weighted by Gasteiger charge is -2.20. The van der Waals surface area contributed by atoms with Gasteiger partial charge in [0.1, 0.15) is 11.3 Å². The van der Waals surface area contributed by atoms with Gasteiger partial charge in [0.05, 0.1) is 17.0 Å². The van der Waals surface area contributed by atoms with Crippen molar-refractivity contribution in [3.8, 4) is 12.3 Å². The summed E-state index contributed by atoms with van der Waals surface area (Å²) in [5.41, 5.74) is 4.65. The van der Waals surface area contributed by atoms with E-state index in [1.165, 1.54) is 6.07 Å². The Labute approximate surface area is 192 Å². The van der Waals surface area contributed by atoms with Gasteiger partial charge in [-0.15, -0.1) is 6.42 Å². The van der Waals surface area contributed by atoms with Crippen molar-refractivity contribution in [2.45, 2.75) is 39.7 Å². The van der Waals surface area contributed by atoms with Crippen LogP contribution in [0, 0.1) is 26.2 Å². The SMILES string of the molecule is C#Cc1ccc(NC(C)c2cc(C)cc3c(=O)c(C)c(C4=CCCC=C4)oc23)c(C(=O)O)c1. The number of aromatic carboxylic acids is 1. The van der Waals surface area contributed by atoms with E-state index in [-0.39, 0.29) is 17.0 Å². The normalized spacial score (nSPS) is 13.9. The summed E-state index contributed by atoms with van der Waals surface area (Å²) in [6, 6.07) is 8.29. The lowest BCUT2D eigenvalue weighted by Crippen LogP contribution is -2.14. The van der Waals surface area contributed by atoms with Gasteiger partial charge in [0, 0.05) is 28.0 Å². The Morgan fingerprint density at radius 2 is 2.00 bits per heavy atom. The molecule has 0 radical (unpaired) electrons. The number of anilines is 1. The van der Waals surface area contributed by atoms with Gasteiger partial charge in [0.15, 0.2) is 5.43 Å². The molecular weight excluding hydrogens is 414 g/mol. The second kappa shape index (κ2) is 8.84. The van der Waals surface area contributed by atoms with E-state index >= 15 is 0 Å². The van der Waals surface area contributed by atoms with Crippen molar-refractivity contribution in [3.05, 3.63) is 92.4 Å². The van der Waals surface area contributed by atoms with Crippen LogP contribution < -0.4 is 10.7 Å². The third-order valence-corrected chi connectivity index (χ3v) is 5.90. The first-order chi connectivity index (χ1) is 15.8. The third-order valence-electron chi connectivity index (χ3n) is 5.90. The number of benzene rings is 2. The number of aryl methyl sites for hydroxylation is 1. The average molecular weight is 440 g/mol. The van der Waals surface area contributed by atoms with Crippen molar-refractivity contribution in [2.75, 3.05) is 5.32 Å². The van der Waals surface area contributed by atoms with Gasteiger partial charge in [-0.05, 0) is 63.4 Å². The molecule has 0 spiro atoms. The van der Waals surface area contributed by atoms with Crippen LogP contribution in [-0.4, -0.2) is 11.1 Å². The minimum atomic E-state index is -1.07. The van der Waals surface area contributed by atoms with E-state index in [9.17, 15) is 14.7 Å². The highest BCUT2D eigenvalue weighted by atomic mass is 16.4. The van der Waals surface area contributed by atoms with Crippen LogP contribution in [0.5, 0.6) is 0 Å². The molecule has 1 unspecified atom stereocenters. The van der Waals surface area contributed by atoms with E-state index in [2.05, 4.69) is 23.4 Å². The first-order valence-corrected chi connectivity index (χ1v) is 10.9. The number of terminal acetylenes is 1. The van der Waals surface area contributed by atoms with E-state index in [1.807, 2.05) is 32.1 Å². The van der Waals surface area contributed by atoms with Gasteiger partial charge in [-0.1, -0.05) is 30.2 Å². The van der Waals surface area contributed by atoms with Crippen LogP contribution in [-0.2, 0) is 0 Å². The molecule has 0 bridgehead atoms. The first kappa shape index (κ1) is 22.2. The minimum absolute atomic E-state index is 0.0622. The average Bonchev–Trinajstić information content (AvgIpc) is 2.81. The van der Waals surface area contributed by atoms with Crippen LogP contribution in [0.15, 0.2) is 57.8 Å². The highest BCUT2D eigenvalue weighted by Gasteiger charge is 2.21. The Hall–Kier alpha value is -4.04. The Morgan fingerprint density at radius 1 is 1.21 bits per heavy atom.